The minimum Gasteiger partial charge on any atom is -0.360 e. The molecule has 0 saturated heterocycles. The maximum atomic E-state index is 13.0. The average molecular weight is 331 g/mol. The zero-order chi connectivity index (χ0) is 13.0. The summed E-state index contributed by atoms with van der Waals surface area (Å²) in [5.41, 5.74) is 0.782. The highest BCUT2D eigenvalue weighted by Crippen LogP contribution is 2.23. The summed E-state index contributed by atoms with van der Waals surface area (Å²) in [5, 5.41) is 7.01. The molecule has 1 fully saturated rings. The first-order chi connectivity index (χ1) is 8.65. The molecule has 2 rings (SSSR count). The van der Waals surface area contributed by atoms with Crippen molar-refractivity contribution in [3.63, 3.8) is 0 Å². The molecule has 18 heavy (non-hydrogen) atoms. The molecular weight excluding hydrogens is 315 g/mol. The van der Waals surface area contributed by atoms with E-state index in [9.17, 15) is 4.39 Å². The van der Waals surface area contributed by atoms with Crippen LogP contribution >= 0.6 is 28.1 Å². The van der Waals surface area contributed by atoms with Crippen LogP contribution in [0.2, 0.25) is 0 Å². The largest absolute Gasteiger partial charge is 0.360 e. The van der Waals surface area contributed by atoms with Crippen molar-refractivity contribution in [1.82, 2.24) is 5.32 Å². The highest BCUT2D eigenvalue weighted by molar-refractivity contribution is 9.10. The molecule has 98 valence electrons. The Morgan fingerprint density at radius 1 is 1.28 bits per heavy atom. The maximum absolute atomic E-state index is 13.0. The summed E-state index contributed by atoms with van der Waals surface area (Å²) >= 11 is 8.58. The van der Waals surface area contributed by atoms with Crippen LogP contribution in [-0.4, -0.2) is 11.2 Å². The fourth-order valence-corrected chi connectivity index (χ4v) is 2.91. The van der Waals surface area contributed by atoms with Gasteiger partial charge in [-0.15, -0.1) is 0 Å². The van der Waals surface area contributed by atoms with Crippen molar-refractivity contribution in [3.05, 3.63) is 28.5 Å². The van der Waals surface area contributed by atoms with Crippen molar-refractivity contribution in [1.29, 1.82) is 0 Å². The predicted octanol–water partition coefficient (Wildman–Crippen LogP) is 4.21. The van der Waals surface area contributed by atoms with Crippen LogP contribution in [0.4, 0.5) is 10.1 Å². The highest BCUT2D eigenvalue weighted by Gasteiger charge is 2.14. The van der Waals surface area contributed by atoms with Crippen LogP contribution in [0.25, 0.3) is 0 Å². The second-order valence-corrected chi connectivity index (χ2v) is 5.82. The zero-order valence-corrected chi connectivity index (χ0v) is 12.4. The third-order valence-electron chi connectivity index (χ3n) is 3.12. The highest BCUT2D eigenvalue weighted by atomic mass is 79.9. The number of rotatable bonds is 2. The molecular formula is C13H16BrFN2S. The molecule has 0 spiro atoms. The number of anilines is 1. The Balaban J connectivity index is 1.90. The van der Waals surface area contributed by atoms with Gasteiger partial charge in [0, 0.05) is 10.5 Å². The van der Waals surface area contributed by atoms with Crippen molar-refractivity contribution >= 4 is 38.9 Å². The summed E-state index contributed by atoms with van der Waals surface area (Å²) in [6, 6.07) is 4.98. The second-order valence-electron chi connectivity index (χ2n) is 4.56. The van der Waals surface area contributed by atoms with Gasteiger partial charge < -0.3 is 10.6 Å². The van der Waals surface area contributed by atoms with Gasteiger partial charge >= 0.3 is 0 Å². The van der Waals surface area contributed by atoms with E-state index in [1.807, 2.05) is 0 Å². The fraction of sp³-hybridized carbons (Fsp3) is 0.462. The average Bonchev–Trinajstić information content (AvgIpc) is 2.34. The van der Waals surface area contributed by atoms with Gasteiger partial charge in [-0.3, -0.25) is 0 Å². The molecule has 0 unspecified atom stereocenters. The van der Waals surface area contributed by atoms with Crippen molar-refractivity contribution in [2.75, 3.05) is 5.32 Å². The molecule has 1 aliphatic rings. The number of nitrogens with one attached hydrogen (secondary N) is 2. The first kappa shape index (κ1) is 13.7. The van der Waals surface area contributed by atoms with Gasteiger partial charge in [0.1, 0.15) is 5.82 Å². The van der Waals surface area contributed by atoms with E-state index in [0.717, 1.165) is 5.69 Å². The van der Waals surface area contributed by atoms with Gasteiger partial charge in [0.15, 0.2) is 5.11 Å². The Kier molecular flexibility index (Phi) is 4.95. The molecule has 0 aliphatic heterocycles. The van der Waals surface area contributed by atoms with Crippen LogP contribution < -0.4 is 10.6 Å². The van der Waals surface area contributed by atoms with Gasteiger partial charge in [0.25, 0.3) is 0 Å². The van der Waals surface area contributed by atoms with E-state index in [4.69, 9.17) is 12.2 Å². The summed E-state index contributed by atoms with van der Waals surface area (Å²) in [5.74, 6) is -0.265. The monoisotopic (exact) mass is 330 g/mol. The Labute approximate surface area is 120 Å². The third-order valence-corrected chi connectivity index (χ3v) is 4.00. The number of benzene rings is 1. The minimum atomic E-state index is -0.265. The second kappa shape index (κ2) is 6.48. The van der Waals surface area contributed by atoms with E-state index < -0.39 is 0 Å². The number of halogens is 2. The van der Waals surface area contributed by atoms with Crippen LogP contribution in [0.3, 0.4) is 0 Å². The Hall–Kier alpha value is -0.680. The minimum absolute atomic E-state index is 0.265. The normalized spacial score (nSPS) is 16.3. The molecule has 0 atom stereocenters. The van der Waals surface area contributed by atoms with Crippen LogP contribution in [0.5, 0.6) is 0 Å². The van der Waals surface area contributed by atoms with Gasteiger partial charge in [-0.05, 0) is 59.2 Å². The molecule has 0 heterocycles. The van der Waals surface area contributed by atoms with Gasteiger partial charge in [0.05, 0.1) is 5.69 Å². The van der Waals surface area contributed by atoms with E-state index in [1.165, 1.54) is 44.2 Å². The number of hydrogen-bond acceptors (Lipinski definition) is 1. The Bertz CT molecular complexity index is 433. The Morgan fingerprint density at radius 2 is 2.00 bits per heavy atom. The quantitative estimate of drug-likeness (QED) is 0.794. The lowest BCUT2D eigenvalue weighted by Crippen LogP contribution is -2.38. The fourth-order valence-electron chi connectivity index (χ4n) is 2.18. The number of hydrogen-bond donors (Lipinski definition) is 2. The molecule has 0 bridgehead atoms. The smallest absolute Gasteiger partial charge is 0.171 e. The topological polar surface area (TPSA) is 24.1 Å². The molecule has 5 heteroatoms. The molecule has 2 nitrogen and oxygen atoms in total. The van der Waals surface area contributed by atoms with Crippen molar-refractivity contribution in [2.45, 2.75) is 38.1 Å². The van der Waals surface area contributed by atoms with Crippen LogP contribution in [0, 0.1) is 5.82 Å². The summed E-state index contributed by atoms with van der Waals surface area (Å²) in [6.07, 6.45) is 6.20. The lowest BCUT2D eigenvalue weighted by atomic mass is 9.96. The lowest BCUT2D eigenvalue weighted by Gasteiger charge is -2.24. The molecule has 1 saturated carbocycles. The van der Waals surface area contributed by atoms with E-state index in [1.54, 1.807) is 6.07 Å². The van der Waals surface area contributed by atoms with Gasteiger partial charge in [-0.2, -0.15) is 0 Å². The Morgan fingerprint density at radius 3 is 2.67 bits per heavy atom. The molecule has 1 aliphatic carbocycles. The predicted molar refractivity (Wildman–Crippen MR) is 80.3 cm³/mol. The van der Waals surface area contributed by atoms with Crippen LogP contribution in [0.15, 0.2) is 22.7 Å². The maximum Gasteiger partial charge on any atom is 0.171 e. The summed E-state index contributed by atoms with van der Waals surface area (Å²) in [6.45, 7) is 0. The van der Waals surface area contributed by atoms with Crippen molar-refractivity contribution in [2.24, 2.45) is 0 Å². The molecule has 0 aromatic heterocycles. The number of thiocarbonyl (C=S) groups is 1. The zero-order valence-electron chi connectivity index (χ0n) is 10.0. The summed E-state index contributed by atoms with van der Waals surface area (Å²) in [4.78, 5) is 0. The van der Waals surface area contributed by atoms with E-state index in [0.29, 0.717) is 15.6 Å². The van der Waals surface area contributed by atoms with Crippen molar-refractivity contribution < 1.29 is 4.39 Å². The van der Waals surface area contributed by atoms with Crippen molar-refractivity contribution in [3.8, 4) is 0 Å². The van der Waals surface area contributed by atoms with E-state index in [2.05, 4.69) is 26.6 Å². The van der Waals surface area contributed by atoms with Crippen LogP contribution in [-0.2, 0) is 0 Å². The molecule has 1 aromatic rings. The summed E-state index contributed by atoms with van der Waals surface area (Å²) < 4.78 is 13.6. The van der Waals surface area contributed by atoms with E-state index >= 15 is 0 Å². The third kappa shape index (κ3) is 3.92. The molecule has 2 N–H and O–H groups in total. The van der Waals surface area contributed by atoms with Gasteiger partial charge in [-0.1, -0.05) is 19.3 Å². The van der Waals surface area contributed by atoms with Crippen LogP contribution in [0.1, 0.15) is 32.1 Å². The molecule has 0 radical (unpaired) electrons. The first-order valence-corrected chi connectivity index (χ1v) is 7.38. The van der Waals surface area contributed by atoms with Gasteiger partial charge in [0.2, 0.25) is 0 Å². The van der Waals surface area contributed by atoms with Gasteiger partial charge in [-0.25, -0.2) is 4.39 Å². The summed E-state index contributed by atoms with van der Waals surface area (Å²) in [7, 11) is 0. The van der Waals surface area contributed by atoms with E-state index in [-0.39, 0.29) is 5.82 Å². The SMILES string of the molecule is Fc1ccc(NC(=S)NC2CCCCC2)c(Br)c1. The molecule has 0 amide bonds. The molecule has 1 aromatic carbocycles. The lowest BCUT2D eigenvalue weighted by molar-refractivity contribution is 0.415. The standard InChI is InChI=1S/C13H16BrFN2S/c14-11-8-9(15)6-7-12(11)17-13(18)16-10-4-2-1-3-5-10/h6-8,10H,1-5H2,(H2,16,17,18). The first-order valence-electron chi connectivity index (χ1n) is 6.18.